The second-order valence-corrected chi connectivity index (χ2v) is 3.70. The molecule has 0 radical (unpaired) electrons. The van der Waals surface area contributed by atoms with Gasteiger partial charge in [0.2, 0.25) is 0 Å². The average Bonchev–Trinajstić information content (AvgIpc) is 2.21. The zero-order valence-corrected chi connectivity index (χ0v) is 9.33. The van der Waals surface area contributed by atoms with Gasteiger partial charge in [0.25, 0.3) is 0 Å². The lowest BCUT2D eigenvalue weighted by Crippen LogP contribution is -2.35. The van der Waals surface area contributed by atoms with Crippen LogP contribution in [0.1, 0.15) is 5.56 Å². The van der Waals surface area contributed by atoms with Gasteiger partial charge < -0.3 is 10.5 Å². The predicted molar refractivity (Wildman–Crippen MR) is 60.0 cm³/mol. The number of nitrogens with two attached hydrogens (primary N) is 1. The summed E-state index contributed by atoms with van der Waals surface area (Å²) >= 11 is 5.93. The van der Waals surface area contributed by atoms with Crippen LogP contribution in [0.15, 0.2) is 24.3 Å². The van der Waals surface area contributed by atoms with Crippen LogP contribution >= 0.6 is 11.6 Å². The molecule has 82 valence electrons. The Morgan fingerprint density at radius 1 is 1.53 bits per heavy atom. The SMILES string of the molecule is COCC(N)C(=O)Cc1ccccc1Cl. The fourth-order valence-electron chi connectivity index (χ4n) is 1.23. The first-order valence-corrected chi connectivity index (χ1v) is 5.03. The van der Waals surface area contributed by atoms with Crippen LogP contribution in [0.5, 0.6) is 0 Å². The summed E-state index contributed by atoms with van der Waals surface area (Å²) in [5.74, 6) is -0.0649. The highest BCUT2D eigenvalue weighted by atomic mass is 35.5. The maximum atomic E-state index is 11.6. The molecule has 0 bridgehead atoms. The highest BCUT2D eigenvalue weighted by Gasteiger charge is 2.14. The summed E-state index contributed by atoms with van der Waals surface area (Å²) in [6.07, 6.45) is 0.254. The van der Waals surface area contributed by atoms with Crippen molar-refractivity contribution in [3.8, 4) is 0 Å². The number of benzene rings is 1. The Morgan fingerprint density at radius 2 is 2.20 bits per heavy atom. The van der Waals surface area contributed by atoms with E-state index in [0.717, 1.165) is 5.56 Å². The number of carbonyl (C=O) groups excluding carboxylic acids is 1. The molecule has 0 amide bonds. The summed E-state index contributed by atoms with van der Waals surface area (Å²) in [6, 6.07) is 6.67. The summed E-state index contributed by atoms with van der Waals surface area (Å²) in [6.45, 7) is 0.239. The lowest BCUT2D eigenvalue weighted by Gasteiger charge is -2.09. The fourth-order valence-corrected chi connectivity index (χ4v) is 1.44. The van der Waals surface area contributed by atoms with Gasteiger partial charge in [-0.25, -0.2) is 0 Å². The highest BCUT2D eigenvalue weighted by Crippen LogP contribution is 2.15. The van der Waals surface area contributed by atoms with Crippen LogP contribution in [0.4, 0.5) is 0 Å². The van der Waals surface area contributed by atoms with E-state index in [9.17, 15) is 4.79 Å². The maximum Gasteiger partial charge on any atom is 0.156 e. The monoisotopic (exact) mass is 227 g/mol. The van der Waals surface area contributed by atoms with Gasteiger partial charge in [-0.2, -0.15) is 0 Å². The van der Waals surface area contributed by atoms with Crippen molar-refractivity contribution in [2.75, 3.05) is 13.7 Å². The molecule has 4 heteroatoms. The first kappa shape index (κ1) is 12.2. The number of hydrogen-bond donors (Lipinski definition) is 1. The molecule has 1 aromatic carbocycles. The van der Waals surface area contributed by atoms with Crippen LogP contribution in [-0.4, -0.2) is 25.5 Å². The minimum absolute atomic E-state index is 0.0649. The van der Waals surface area contributed by atoms with Crippen molar-refractivity contribution < 1.29 is 9.53 Å². The quantitative estimate of drug-likeness (QED) is 0.828. The predicted octanol–water partition coefficient (Wildman–Crippen LogP) is 1.43. The second kappa shape index (κ2) is 5.85. The van der Waals surface area contributed by atoms with Gasteiger partial charge in [0.15, 0.2) is 5.78 Å². The Balaban J connectivity index is 2.62. The molecule has 0 aliphatic carbocycles. The lowest BCUT2D eigenvalue weighted by atomic mass is 10.0. The second-order valence-electron chi connectivity index (χ2n) is 3.30. The Hall–Kier alpha value is -0.900. The molecule has 0 aliphatic heterocycles. The number of rotatable bonds is 5. The van der Waals surface area contributed by atoms with E-state index in [1.807, 2.05) is 18.2 Å². The molecule has 0 fully saturated rings. The molecule has 0 aromatic heterocycles. The largest absolute Gasteiger partial charge is 0.383 e. The van der Waals surface area contributed by atoms with E-state index >= 15 is 0 Å². The zero-order chi connectivity index (χ0) is 11.3. The average molecular weight is 228 g/mol. The normalized spacial score (nSPS) is 12.5. The van der Waals surface area contributed by atoms with Crippen molar-refractivity contribution in [3.63, 3.8) is 0 Å². The summed E-state index contributed by atoms with van der Waals surface area (Å²) < 4.78 is 4.81. The topological polar surface area (TPSA) is 52.3 Å². The smallest absolute Gasteiger partial charge is 0.156 e. The van der Waals surface area contributed by atoms with Gasteiger partial charge in [0.1, 0.15) is 0 Å². The molecule has 0 aliphatic rings. The zero-order valence-electron chi connectivity index (χ0n) is 8.57. The Morgan fingerprint density at radius 3 is 2.80 bits per heavy atom. The van der Waals surface area contributed by atoms with E-state index in [0.29, 0.717) is 5.02 Å². The number of Topliss-reactive ketones (excluding diaryl/α,β-unsaturated/α-hetero) is 1. The standard InChI is InChI=1S/C11H14ClNO2/c1-15-7-10(13)11(14)6-8-4-2-3-5-9(8)12/h2-5,10H,6-7,13H2,1H3. The molecule has 2 N–H and O–H groups in total. The summed E-state index contributed by atoms with van der Waals surface area (Å²) in [5.41, 5.74) is 6.41. The van der Waals surface area contributed by atoms with Crippen LogP contribution in [-0.2, 0) is 16.0 Å². The third kappa shape index (κ3) is 3.63. The molecule has 0 spiro atoms. The number of ketones is 1. The molecular weight excluding hydrogens is 214 g/mol. The van der Waals surface area contributed by atoms with E-state index in [2.05, 4.69) is 0 Å². The summed E-state index contributed by atoms with van der Waals surface area (Å²) in [4.78, 5) is 11.6. The molecule has 0 saturated carbocycles. The third-order valence-corrected chi connectivity index (χ3v) is 2.45. The molecule has 3 nitrogen and oxygen atoms in total. The molecule has 0 heterocycles. The van der Waals surface area contributed by atoms with Gasteiger partial charge in [0, 0.05) is 18.6 Å². The van der Waals surface area contributed by atoms with Crippen LogP contribution in [0.2, 0.25) is 5.02 Å². The van der Waals surface area contributed by atoms with Crippen molar-refractivity contribution in [3.05, 3.63) is 34.9 Å². The van der Waals surface area contributed by atoms with Gasteiger partial charge in [-0.15, -0.1) is 0 Å². The van der Waals surface area contributed by atoms with Crippen molar-refractivity contribution in [2.45, 2.75) is 12.5 Å². The van der Waals surface area contributed by atoms with Crippen LogP contribution in [0.3, 0.4) is 0 Å². The number of halogens is 1. The molecule has 1 aromatic rings. The minimum atomic E-state index is -0.578. The Bertz CT molecular complexity index is 341. The highest BCUT2D eigenvalue weighted by molar-refractivity contribution is 6.31. The van der Waals surface area contributed by atoms with Gasteiger partial charge in [0.05, 0.1) is 12.6 Å². The lowest BCUT2D eigenvalue weighted by molar-refractivity contribution is -0.120. The Labute approximate surface area is 94.2 Å². The molecule has 15 heavy (non-hydrogen) atoms. The van der Waals surface area contributed by atoms with E-state index < -0.39 is 6.04 Å². The molecule has 1 unspecified atom stereocenters. The van der Waals surface area contributed by atoms with Crippen LogP contribution < -0.4 is 5.73 Å². The summed E-state index contributed by atoms with van der Waals surface area (Å²) in [5, 5.41) is 0.593. The van der Waals surface area contributed by atoms with E-state index in [-0.39, 0.29) is 18.8 Å². The van der Waals surface area contributed by atoms with Gasteiger partial charge >= 0.3 is 0 Å². The first-order valence-electron chi connectivity index (χ1n) is 4.65. The van der Waals surface area contributed by atoms with Crippen LogP contribution in [0, 0.1) is 0 Å². The number of carbonyl (C=O) groups is 1. The number of methoxy groups -OCH3 is 1. The Kier molecular flexibility index (Phi) is 4.75. The van der Waals surface area contributed by atoms with Gasteiger partial charge in [-0.05, 0) is 11.6 Å². The van der Waals surface area contributed by atoms with Crippen molar-refractivity contribution in [1.29, 1.82) is 0 Å². The molecular formula is C11H14ClNO2. The van der Waals surface area contributed by atoms with Crippen LogP contribution in [0.25, 0.3) is 0 Å². The minimum Gasteiger partial charge on any atom is -0.383 e. The van der Waals surface area contributed by atoms with Gasteiger partial charge in [-0.3, -0.25) is 4.79 Å². The molecule has 1 rings (SSSR count). The number of hydrogen-bond acceptors (Lipinski definition) is 3. The first-order chi connectivity index (χ1) is 7.15. The molecule has 1 atom stereocenters. The maximum absolute atomic E-state index is 11.6. The third-order valence-electron chi connectivity index (χ3n) is 2.08. The van der Waals surface area contributed by atoms with Crippen molar-refractivity contribution in [2.24, 2.45) is 5.73 Å². The molecule has 0 saturated heterocycles. The van der Waals surface area contributed by atoms with E-state index in [4.69, 9.17) is 22.1 Å². The van der Waals surface area contributed by atoms with E-state index in [1.165, 1.54) is 7.11 Å². The van der Waals surface area contributed by atoms with E-state index in [1.54, 1.807) is 6.07 Å². The fraction of sp³-hybridized carbons (Fsp3) is 0.364. The van der Waals surface area contributed by atoms with Crippen molar-refractivity contribution >= 4 is 17.4 Å². The van der Waals surface area contributed by atoms with Gasteiger partial charge in [-0.1, -0.05) is 29.8 Å². The summed E-state index contributed by atoms with van der Waals surface area (Å²) in [7, 11) is 1.52. The van der Waals surface area contributed by atoms with Crippen molar-refractivity contribution in [1.82, 2.24) is 0 Å². The number of ether oxygens (including phenoxy) is 1.